The topological polar surface area (TPSA) is 41.1 Å². The molecule has 21 heavy (non-hydrogen) atoms. The molecule has 3 nitrogen and oxygen atoms in total. The largest absolute Gasteiger partial charge is 0.355 e. The second-order valence-corrected chi connectivity index (χ2v) is 6.39. The van der Waals surface area contributed by atoms with Crippen LogP contribution in [0.5, 0.6) is 0 Å². The van der Waals surface area contributed by atoms with Crippen molar-refractivity contribution < 1.29 is 4.79 Å². The normalized spacial score (nSPS) is 20.4. The molecular formula is C17H25ClN2O. The van der Waals surface area contributed by atoms with Crippen molar-refractivity contribution in [3.05, 3.63) is 35.4 Å². The molecule has 3 rings (SSSR count). The van der Waals surface area contributed by atoms with E-state index in [1.807, 2.05) is 0 Å². The van der Waals surface area contributed by atoms with Crippen molar-refractivity contribution in [2.45, 2.75) is 38.0 Å². The zero-order chi connectivity index (χ0) is 14.0. The number of carbonyl (C=O) groups excluding carboxylic acids is 1. The average molecular weight is 309 g/mol. The third-order valence-electron chi connectivity index (χ3n) is 4.88. The number of carbonyl (C=O) groups is 1. The molecule has 2 N–H and O–H groups in total. The summed E-state index contributed by atoms with van der Waals surface area (Å²) in [6.07, 6.45) is 4.30. The first-order chi connectivity index (χ1) is 9.71. The molecule has 1 aromatic carbocycles. The molecule has 1 heterocycles. The van der Waals surface area contributed by atoms with Gasteiger partial charge in [0.2, 0.25) is 5.91 Å². The zero-order valence-corrected chi connectivity index (χ0v) is 13.5. The van der Waals surface area contributed by atoms with Crippen LogP contribution in [0.1, 0.15) is 36.8 Å². The monoisotopic (exact) mass is 308 g/mol. The van der Waals surface area contributed by atoms with Crippen molar-refractivity contribution in [3.8, 4) is 0 Å². The van der Waals surface area contributed by atoms with E-state index in [0.717, 1.165) is 45.3 Å². The lowest BCUT2D eigenvalue weighted by Crippen LogP contribution is -2.51. The second-order valence-electron chi connectivity index (χ2n) is 6.39. The van der Waals surface area contributed by atoms with E-state index in [0.29, 0.717) is 5.92 Å². The highest BCUT2D eigenvalue weighted by Crippen LogP contribution is 2.41. The van der Waals surface area contributed by atoms with E-state index >= 15 is 0 Å². The summed E-state index contributed by atoms with van der Waals surface area (Å²) in [5, 5.41) is 6.46. The van der Waals surface area contributed by atoms with E-state index in [-0.39, 0.29) is 23.7 Å². The molecule has 0 unspecified atom stereocenters. The van der Waals surface area contributed by atoms with E-state index < -0.39 is 0 Å². The zero-order valence-electron chi connectivity index (χ0n) is 12.7. The summed E-state index contributed by atoms with van der Waals surface area (Å²) < 4.78 is 0. The van der Waals surface area contributed by atoms with Crippen LogP contribution in [0.3, 0.4) is 0 Å². The summed E-state index contributed by atoms with van der Waals surface area (Å²) in [7, 11) is 0. The Morgan fingerprint density at radius 2 is 2.05 bits per heavy atom. The van der Waals surface area contributed by atoms with Crippen LogP contribution in [-0.4, -0.2) is 25.5 Å². The lowest BCUT2D eigenvalue weighted by molar-refractivity contribution is -0.126. The molecule has 2 fully saturated rings. The number of nitrogens with one attached hydrogen (secondary N) is 2. The third kappa shape index (κ3) is 3.24. The van der Waals surface area contributed by atoms with Crippen molar-refractivity contribution in [3.63, 3.8) is 0 Å². The van der Waals surface area contributed by atoms with Gasteiger partial charge >= 0.3 is 0 Å². The van der Waals surface area contributed by atoms with Gasteiger partial charge in [0.1, 0.15) is 0 Å². The first-order valence-electron chi connectivity index (χ1n) is 7.77. The molecule has 0 atom stereocenters. The van der Waals surface area contributed by atoms with Crippen molar-refractivity contribution >= 4 is 18.3 Å². The summed E-state index contributed by atoms with van der Waals surface area (Å²) in [6, 6.07) is 8.50. The molecule has 0 radical (unpaired) electrons. The van der Waals surface area contributed by atoms with E-state index in [1.54, 1.807) is 0 Å². The number of rotatable bonds is 4. The summed E-state index contributed by atoms with van der Waals surface area (Å²) >= 11 is 0. The molecule has 1 aliphatic heterocycles. The number of amides is 1. The van der Waals surface area contributed by atoms with Crippen LogP contribution in [-0.2, 0) is 10.2 Å². The fraction of sp³-hybridized carbons (Fsp3) is 0.588. The molecule has 116 valence electrons. The Kier molecular flexibility index (Phi) is 5.28. The highest BCUT2D eigenvalue weighted by Gasteiger charge is 2.42. The van der Waals surface area contributed by atoms with Gasteiger partial charge in [-0.25, -0.2) is 0 Å². The highest BCUT2D eigenvalue weighted by molar-refractivity contribution is 5.88. The smallest absolute Gasteiger partial charge is 0.230 e. The quantitative estimate of drug-likeness (QED) is 0.897. The Bertz CT molecular complexity index is 493. The summed E-state index contributed by atoms with van der Waals surface area (Å²) in [4.78, 5) is 12.8. The van der Waals surface area contributed by atoms with Gasteiger partial charge in [-0.05, 0) is 25.3 Å². The lowest BCUT2D eigenvalue weighted by Gasteiger charge is -2.32. The maximum absolute atomic E-state index is 12.8. The standard InChI is InChI=1S/C17H24N2O.ClH/c1-13-5-4-6-15(9-13)17(7-2-3-8-17)16(20)19-12-14-10-18-11-14;/h4-6,9,14,18H,2-3,7-8,10-12H2,1H3,(H,19,20);1H. The number of aryl methyl sites for hydroxylation is 1. The van der Waals surface area contributed by atoms with E-state index in [9.17, 15) is 4.79 Å². The first kappa shape index (κ1) is 16.3. The summed E-state index contributed by atoms with van der Waals surface area (Å²) in [5.74, 6) is 0.863. The predicted octanol–water partition coefficient (Wildman–Crippen LogP) is 2.56. The van der Waals surface area contributed by atoms with Gasteiger partial charge in [0.05, 0.1) is 5.41 Å². The van der Waals surface area contributed by atoms with Crippen molar-refractivity contribution in [2.75, 3.05) is 19.6 Å². The minimum atomic E-state index is -0.275. The Morgan fingerprint density at radius 3 is 2.62 bits per heavy atom. The van der Waals surface area contributed by atoms with Gasteiger partial charge in [-0.2, -0.15) is 0 Å². The van der Waals surface area contributed by atoms with Gasteiger partial charge in [-0.15, -0.1) is 12.4 Å². The van der Waals surface area contributed by atoms with Crippen LogP contribution in [0, 0.1) is 12.8 Å². The van der Waals surface area contributed by atoms with Crippen molar-refractivity contribution in [2.24, 2.45) is 5.92 Å². The molecule has 1 saturated carbocycles. The maximum atomic E-state index is 12.8. The van der Waals surface area contributed by atoms with Crippen LogP contribution >= 0.6 is 12.4 Å². The van der Waals surface area contributed by atoms with Crippen LogP contribution in [0.15, 0.2) is 24.3 Å². The second kappa shape index (κ2) is 6.80. The van der Waals surface area contributed by atoms with Crippen LogP contribution in [0.4, 0.5) is 0 Å². The molecule has 1 saturated heterocycles. The fourth-order valence-corrected chi connectivity index (χ4v) is 3.47. The van der Waals surface area contributed by atoms with Crippen molar-refractivity contribution in [1.29, 1.82) is 0 Å². The van der Waals surface area contributed by atoms with Crippen LogP contribution in [0.2, 0.25) is 0 Å². The Labute approximate surface area is 133 Å². The molecule has 4 heteroatoms. The molecular weight excluding hydrogens is 284 g/mol. The number of halogens is 1. The number of hydrogen-bond acceptors (Lipinski definition) is 2. The summed E-state index contributed by atoms with van der Waals surface area (Å²) in [6.45, 7) is 5.00. The van der Waals surface area contributed by atoms with E-state index in [1.165, 1.54) is 11.1 Å². The lowest BCUT2D eigenvalue weighted by atomic mass is 9.77. The molecule has 2 aliphatic rings. The molecule has 0 aromatic heterocycles. The van der Waals surface area contributed by atoms with Crippen LogP contribution in [0.25, 0.3) is 0 Å². The maximum Gasteiger partial charge on any atom is 0.230 e. The van der Waals surface area contributed by atoms with Gasteiger partial charge in [-0.1, -0.05) is 42.7 Å². The Hall–Kier alpha value is -1.06. The van der Waals surface area contributed by atoms with Gasteiger partial charge < -0.3 is 10.6 Å². The molecule has 1 aliphatic carbocycles. The SMILES string of the molecule is Cc1cccc(C2(C(=O)NCC3CNC3)CCCC2)c1.Cl. The first-order valence-corrected chi connectivity index (χ1v) is 7.77. The predicted molar refractivity (Wildman–Crippen MR) is 87.9 cm³/mol. The molecule has 1 amide bonds. The third-order valence-corrected chi connectivity index (χ3v) is 4.88. The average Bonchev–Trinajstić information content (AvgIpc) is 2.87. The van der Waals surface area contributed by atoms with Gasteiger partial charge in [0.25, 0.3) is 0 Å². The van der Waals surface area contributed by atoms with Gasteiger partial charge in [-0.3, -0.25) is 4.79 Å². The van der Waals surface area contributed by atoms with Gasteiger partial charge in [0.15, 0.2) is 0 Å². The van der Waals surface area contributed by atoms with Crippen molar-refractivity contribution in [1.82, 2.24) is 10.6 Å². The highest BCUT2D eigenvalue weighted by atomic mass is 35.5. The Morgan fingerprint density at radius 1 is 1.33 bits per heavy atom. The van der Waals surface area contributed by atoms with Crippen LogP contribution < -0.4 is 10.6 Å². The number of hydrogen-bond donors (Lipinski definition) is 2. The molecule has 0 spiro atoms. The Balaban J connectivity index is 0.00000161. The molecule has 1 aromatic rings. The van der Waals surface area contributed by atoms with E-state index in [4.69, 9.17) is 0 Å². The summed E-state index contributed by atoms with van der Waals surface area (Å²) in [5.41, 5.74) is 2.17. The number of benzene rings is 1. The molecule has 0 bridgehead atoms. The van der Waals surface area contributed by atoms with Gasteiger partial charge in [0, 0.05) is 25.6 Å². The minimum Gasteiger partial charge on any atom is -0.355 e. The fourth-order valence-electron chi connectivity index (χ4n) is 3.47. The van der Waals surface area contributed by atoms with E-state index in [2.05, 4.69) is 41.8 Å². The minimum absolute atomic E-state index is 0.